The van der Waals surface area contributed by atoms with Crippen LogP contribution in [0.4, 0.5) is 0 Å². The number of pyridine rings is 1. The van der Waals surface area contributed by atoms with Crippen LogP contribution in [-0.2, 0) is 6.61 Å². The van der Waals surface area contributed by atoms with Gasteiger partial charge in [0.2, 0.25) is 0 Å². The molecule has 6 heteroatoms. The molecule has 2 rings (SSSR count). The van der Waals surface area contributed by atoms with Gasteiger partial charge in [0.15, 0.2) is 0 Å². The summed E-state index contributed by atoms with van der Waals surface area (Å²) in [7, 11) is 0. The highest BCUT2D eigenvalue weighted by molar-refractivity contribution is 6.35. The monoisotopic (exact) mass is 297 g/mol. The topological polar surface area (TPSA) is 59.4 Å². The Kier molecular flexibility index (Phi) is 4.24. The van der Waals surface area contributed by atoms with Crippen LogP contribution in [0.25, 0.3) is 0 Å². The van der Waals surface area contributed by atoms with Crippen molar-refractivity contribution in [1.29, 1.82) is 0 Å². The number of aromatic nitrogens is 1. The van der Waals surface area contributed by atoms with Gasteiger partial charge in [0.25, 0.3) is 0 Å². The number of rotatable bonds is 4. The van der Waals surface area contributed by atoms with Gasteiger partial charge in [-0.1, -0.05) is 29.3 Å². The second-order valence-electron chi connectivity index (χ2n) is 3.68. The SMILES string of the molecule is O=C(O)c1cccc(COc2ccc(Cl)cc2Cl)n1. The summed E-state index contributed by atoms with van der Waals surface area (Å²) in [6, 6.07) is 9.57. The van der Waals surface area contributed by atoms with Crippen molar-refractivity contribution >= 4 is 29.2 Å². The molecule has 0 atom stereocenters. The van der Waals surface area contributed by atoms with E-state index in [4.69, 9.17) is 33.0 Å². The fraction of sp³-hybridized carbons (Fsp3) is 0.0769. The van der Waals surface area contributed by atoms with E-state index in [9.17, 15) is 4.79 Å². The maximum atomic E-state index is 10.8. The summed E-state index contributed by atoms with van der Waals surface area (Å²) in [5.74, 6) is -0.611. The van der Waals surface area contributed by atoms with Gasteiger partial charge in [-0.25, -0.2) is 9.78 Å². The molecule has 0 unspecified atom stereocenters. The standard InChI is InChI=1S/C13H9Cl2NO3/c14-8-4-5-12(10(15)6-8)19-7-9-2-1-3-11(16-9)13(17)18/h1-6H,7H2,(H,17,18). The molecular weight excluding hydrogens is 289 g/mol. The Balaban J connectivity index is 2.10. The van der Waals surface area contributed by atoms with Crippen molar-refractivity contribution in [2.24, 2.45) is 0 Å². The number of aromatic carboxylic acids is 1. The third-order valence-corrected chi connectivity index (χ3v) is 2.83. The Morgan fingerprint density at radius 2 is 2.05 bits per heavy atom. The molecule has 0 radical (unpaired) electrons. The van der Waals surface area contributed by atoms with E-state index in [1.54, 1.807) is 30.3 Å². The zero-order chi connectivity index (χ0) is 13.8. The van der Waals surface area contributed by atoms with Gasteiger partial charge in [0, 0.05) is 5.02 Å². The van der Waals surface area contributed by atoms with E-state index < -0.39 is 5.97 Å². The summed E-state index contributed by atoms with van der Waals surface area (Å²) in [5, 5.41) is 9.74. The molecule has 0 saturated heterocycles. The maximum Gasteiger partial charge on any atom is 0.354 e. The minimum atomic E-state index is -1.08. The molecule has 0 bridgehead atoms. The normalized spacial score (nSPS) is 10.2. The molecule has 1 heterocycles. The summed E-state index contributed by atoms with van der Waals surface area (Å²) in [5.41, 5.74) is 0.481. The van der Waals surface area contributed by atoms with Gasteiger partial charge in [-0.2, -0.15) is 0 Å². The highest BCUT2D eigenvalue weighted by Crippen LogP contribution is 2.27. The second kappa shape index (κ2) is 5.91. The van der Waals surface area contributed by atoms with Gasteiger partial charge >= 0.3 is 5.97 Å². The van der Waals surface area contributed by atoms with E-state index >= 15 is 0 Å². The first-order valence-electron chi connectivity index (χ1n) is 5.33. The number of halogens is 2. The zero-order valence-corrected chi connectivity index (χ0v) is 11.1. The summed E-state index contributed by atoms with van der Waals surface area (Å²) in [6.45, 7) is 0.127. The van der Waals surface area contributed by atoms with Gasteiger partial charge in [-0.3, -0.25) is 0 Å². The van der Waals surface area contributed by atoms with E-state index in [2.05, 4.69) is 4.98 Å². The summed E-state index contributed by atoms with van der Waals surface area (Å²) in [6.07, 6.45) is 0. The summed E-state index contributed by atoms with van der Waals surface area (Å²) in [4.78, 5) is 14.7. The number of hydrogen-bond acceptors (Lipinski definition) is 3. The highest BCUT2D eigenvalue weighted by atomic mass is 35.5. The van der Waals surface area contributed by atoms with Crippen LogP contribution in [0.3, 0.4) is 0 Å². The number of carboxylic acid groups (broad SMARTS) is 1. The smallest absolute Gasteiger partial charge is 0.354 e. The van der Waals surface area contributed by atoms with E-state index in [0.717, 1.165) is 0 Å². The Morgan fingerprint density at radius 1 is 1.26 bits per heavy atom. The molecule has 4 nitrogen and oxygen atoms in total. The molecule has 98 valence electrons. The van der Waals surface area contributed by atoms with Crippen molar-refractivity contribution in [3.05, 3.63) is 57.8 Å². The Labute approximate surface area is 119 Å². The average molecular weight is 298 g/mol. The predicted molar refractivity (Wildman–Crippen MR) is 72.0 cm³/mol. The largest absolute Gasteiger partial charge is 0.486 e. The van der Waals surface area contributed by atoms with Crippen molar-refractivity contribution in [3.63, 3.8) is 0 Å². The maximum absolute atomic E-state index is 10.8. The number of carboxylic acids is 1. The van der Waals surface area contributed by atoms with Gasteiger partial charge in [-0.15, -0.1) is 0 Å². The number of nitrogens with zero attached hydrogens (tertiary/aromatic N) is 1. The molecular formula is C13H9Cl2NO3. The van der Waals surface area contributed by atoms with E-state index in [-0.39, 0.29) is 12.3 Å². The first-order valence-corrected chi connectivity index (χ1v) is 6.09. The number of benzene rings is 1. The molecule has 1 aromatic heterocycles. The molecule has 0 aliphatic heterocycles. The molecule has 1 aromatic carbocycles. The predicted octanol–water partition coefficient (Wildman–Crippen LogP) is 3.67. The summed E-state index contributed by atoms with van der Waals surface area (Å²) >= 11 is 11.7. The molecule has 0 aliphatic carbocycles. The van der Waals surface area contributed by atoms with Crippen LogP contribution < -0.4 is 4.74 Å². The van der Waals surface area contributed by atoms with E-state index in [1.165, 1.54) is 6.07 Å². The molecule has 1 N–H and O–H groups in total. The number of ether oxygens (including phenoxy) is 1. The first-order chi connectivity index (χ1) is 9.06. The van der Waals surface area contributed by atoms with Crippen LogP contribution in [0.15, 0.2) is 36.4 Å². The fourth-order valence-corrected chi connectivity index (χ4v) is 1.89. The van der Waals surface area contributed by atoms with Crippen molar-refractivity contribution in [3.8, 4) is 5.75 Å². The van der Waals surface area contributed by atoms with Crippen LogP contribution >= 0.6 is 23.2 Å². The molecule has 0 spiro atoms. The second-order valence-corrected chi connectivity index (χ2v) is 4.53. The quantitative estimate of drug-likeness (QED) is 0.935. The molecule has 2 aromatic rings. The lowest BCUT2D eigenvalue weighted by atomic mass is 10.3. The molecule has 0 amide bonds. The van der Waals surface area contributed by atoms with Crippen molar-refractivity contribution in [1.82, 2.24) is 4.98 Å². The van der Waals surface area contributed by atoms with Crippen LogP contribution in [0.1, 0.15) is 16.2 Å². The van der Waals surface area contributed by atoms with E-state index in [0.29, 0.717) is 21.5 Å². The van der Waals surface area contributed by atoms with Crippen LogP contribution in [-0.4, -0.2) is 16.1 Å². The van der Waals surface area contributed by atoms with Crippen molar-refractivity contribution in [2.45, 2.75) is 6.61 Å². The zero-order valence-electron chi connectivity index (χ0n) is 9.64. The van der Waals surface area contributed by atoms with Gasteiger partial charge < -0.3 is 9.84 Å². The van der Waals surface area contributed by atoms with E-state index in [1.807, 2.05) is 0 Å². The van der Waals surface area contributed by atoms with Crippen molar-refractivity contribution < 1.29 is 14.6 Å². The van der Waals surface area contributed by atoms with Gasteiger partial charge in [0.05, 0.1) is 10.7 Å². The highest BCUT2D eigenvalue weighted by Gasteiger charge is 2.07. The lowest BCUT2D eigenvalue weighted by Gasteiger charge is -2.08. The van der Waals surface area contributed by atoms with Gasteiger partial charge in [0.1, 0.15) is 18.1 Å². The molecule has 19 heavy (non-hydrogen) atoms. The minimum absolute atomic E-state index is 0.0247. The molecule has 0 saturated carbocycles. The van der Waals surface area contributed by atoms with Crippen LogP contribution in [0.5, 0.6) is 5.75 Å². The third-order valence-electron chi connectivity index (χ3n) is 2.30. The van der Waals surface area contributed by atoms with Crippen molar-refractivity contribution in [2.75, 3.05) is 0 Å². The molecule has 0 fully saturated rings. The van der Waals surface area contributed by atoms with Gasteiger partial charge in [-0.05, 0) is 30.3 Å². The lowest BCUT2D eigenvalue weighted by molar-refractivity contribution is 0.0690. The molecule has 0 aliphatic rings. The number of carbonyl (C=O) groups is 1. The third kappa shape index (κ3) is 3.59. The number of hydrogen-bond donors (Lipinski definition) is 1. The lowest BCUT2D eigenvalue weighted by Crippen LogP contribution is -2.05. The van der Waals surface area contributed by atoms with Crippen LogP contribution in [0.2, 0.25) is 10.0 Å². The Morgan fingerprint density at radius 3 is 2.74 bits per heavy atom. The fourth-order valence-electron chi connectivity index (χ4n) is 1.42. The first kappa shape index (κ1) is 13.6. The summed E-state index contributed by atoms with van der Waals surface area (Å²) < 4.78 is 5.47. The Bertz CT molecular complexity index is 617. The van der Waals surface area contributed by atoms with Crippen LogP contribution in [0, 0.1) is 0 Å². The minimum Gasteiger partial charge on any atom is -0.486 e. The average Bonchev–Trinajstić information content (AvgIpc) is 2.38. The Hall–Kier alpha value is -1.78.